The molecule has 2 aliphatic carbocycles. The van der Waals surface area contributed by atoms with Gasteiger partial charge in [-0.2, -0.15) is 0 Å². The minimum atomic E-state index is -1.47. The van der Waals surface area contributed by atoms with Crippen molar-refractivity contribution in [3.05, 3.63) is 23.3 Å². The standard InChI is InChI=1S/C17H22O5/c1-9-12-7-13-10(2)15(19)22-17(13,20)8-16(12,4)6-5-14(9)21-11(3)18/h12,14,20H,1,5-8H2,2-4H3/t12-,14-,16-,17-/m1/s1. The number of esters is 2. The van der Waals surface area contributed by atoms with E-state index in [1.165, 1.54) is 6.92 Å². The Balaban J connectivity index is 1.93. The third kappa shape index (κ3) is 2.10. The first kappa shape index (κ1) is 15.3. The molecule has 5 heteroatoms. The van der Waals surface area contributed by atoms with Gasteiger partial charge >= 0.3 is 11.9 Å². The van der Waals surface area contributed by atoms with Gasteiger partial charge in [0, 0.05) is 24.5 Å². The number of carbonyl (C=O) groups is 2. The Bertz CT molecular complexity index is 604. The topological polar surface area (TPSA) is 72.8 Å². The maximum Gasteiger partial charge on any atom is 0.336 e. The van der Waals surface area contributed by atoms with Crippen LogP contribution in [0.4, 0.5) is 0 Å². The maximum atomic E-state index is 11.8. The summed E-state index contributed by atoms with van der Waals surface area (Å²) in [6.45, 7) is 9.33. The van der Waals surface area contributed by atoms with Gasteiger partial charge in [0.2, 0.25) is 5.79 Å². The minimum absolute atomic E-state index is 0.0744. The number of carbonyl (C=O) groups excluding carboxylic acids is 2. The van der Waals surface area contributed by atoms with Crippen LogP contribution < -0.4 is 0 Å². The number of rotatable bonds is 1. The lowest BCUT2D eigenvalue weighted by Gasteiger charge is -2.52. The number of ether oxygens (including phenoxy) is 2. The van der Waals surface area contributed by atoms with Gasteiger partial charge in [-0.3, -0.25) is 4.79 Å². The first-order valence-electron chi connectivity index (χ1n) is 7.68. The Labute approximate surface area is 130 Å². The van der Waals surface area contributed by atoms with E-state index >= 15 is 0 Å². The Kier molecular flexibility index (Phi) is 3.25. The van der Waals surface area contributed by atoms with Crippen molar-refractivity contribution in [3.8, 4) is 0 Å². The summed E-state index contributed by atoms with van der Waals surface area (Å²) >= 11 is 0. The zero-order valence-electron chi connectivity index (χ0n) is 13.3. The van der Waals surface area contributed by atoms with E-state index < -0.39 is 11.8 Å². The highest BCUT2D eigenvalue weighted by atomic mass is 16.7. The number of hydrogen-bond donors (Lipinski definition) is 1. The quantitative estimate of drug-likeness (QED) is 0.594. The molecule has 2 saturated carbocycles. The van der Waals surface area contributed by atoms with E-state index in [9.17, 15) is 14.7 Å². The fourth-order valence-corrected chi connectivity index (χ4v) is 4.33. The molecule has 0 saturated heterocycles. The summed E-state index contributed by atoms with van der Waals surface area (Å²) in [5, 5.41) is 10.7. The Morgan fingerprint density at radius 2 is 2.18 bits per heavy atom. The van der Waals surface area contributed by atoms with Gasteiger partial charge in [-0.05, 0) is 43.1 Å². The molecule has 0 aromatic carbocycles. The van der Waals surface area contributed by atoms with Crippen LogP contribution in [0.1, 0.15) is 46.5 Å². The van der Waals surface area contributed by atoms with Crippen LogP contribution >= 0.6 is 0 Å². The number of hydrogen-bond acceptors (Lipinski definition) is 5. The molecule has 0 aromatic rings. The van der Waals surface area contributed by atoms with Crippen LogP contribution in [0.5, 0.6) is 0 Å². The molecule has 0 radical (unpaired) electrons. The highest BCUT2D eigenvalue weighted by molar-refractivity contribution is 5.92. The van der Waals surface area contributed by atoms with E-state index in [2.05, 4.69) is 13.5 Å². The van der Waals surface area contributed by atoms with Gasteiger partial charge in [-0.1, -0.05) is 13.5 Å². The molecule has 3 aliphatic rings. The van der Waals surface area contributed by atoms with Crippen LogP contribution in [0.15, 0.2) is 23.3 Å². The van der Waals surface area contributed by atoms with Gasteiger partial charge in [0.05, 0.1) is 0 Å². The summed E-state index contributed by atoms with van der Waals surface area (Å²) in [5.74, 6) is -2.15. The van der Waals surface area contributed by atoms with E-state index in [-0.39, 0.29) is 23.4 Å². The van der Waals surface area contributed by atoms with Crippen molar-refractivity contribution in [2.24, 2.45) is 11.3 Å². The molecule has 0 unspecified atom stereocenters. The lowest BCUT2D eigenvalue weighted by atomic mass is 9.56. The lowest BCUT2D eigenvalue weighted by molar-refractivity contribution is -0.205. The third-order valence-corrected chi connectivity index (χ3v) is 5.53. The summed E-state index contributed by atoms with van der Waals surface area (Å²) in [6.07, 6.45) is 2.10. The summed E-state index contributed by atoms with van der Waals surface area (Å²) in [5.41, 5.74) is 1.82. The second kappa shape index (κ2) is 4.69. The summed E-state index contributed by atoms with van der Waals surface area (Å²) in [7, 11) is 0. The van der Waals surface area contributed by atoms with Gasteiger partial charge in [-0.15, -0.1) is 0 Å². The minimum Gasteiger partial charge on any atom is -0.458 e. The molecule has 120 valence electrons. The second-order valence-electron chi connectivity index (χ2n) is 7.08. The van der Waals surface area contributed by atoms with Crippen molar-refractivity contribution in [2.75, 3.05) is 0 Å². The first-order valence-corrected chi connectivity index (χ1v) is 7.68. The van der Waals surface area contributed by atoms with Crippen LogP contribution in [0, 0.1) is 11.3 Å². The second-order valence-corrected chi connectivity index (χ2v) is 7.08. The van der Waals surface area contributed by atoms with Crippen LogP contribution in [-0.4, -0.2) is 28.9 Å². The van der Waals surface area contributed by atoms with Crippen molar-refractivity contribution in [1.82, 2.24) is 0 Å². The molecule has 4 atom stereocenters. The SMILES string of the molecule is C=C1[C@H]2CC3=C(C)C(=O)O[C@]3(O)C[C@@]2(C)CC[C@H]1OC(C)=O. The van der Waals surface area contributed by atoms with Gasteiger partial charge < -0.3 is 14.6 Å². The van der Waals surface area contributed by atoms with Crippen LogP contribution in [0.3, 0.4) is 0 Å². The molecule has 0 spiro atoms. The molecule has 22 heavy (non-hydrogen) atoms. The maximum absolute atomic E-state index is 11.8. The summed E-state index contributed by atoms with van der Waals surface area (Å²) < 4.78 is 10.6. The van der Waals surface area contributed by atoms with Crippen LogP contribution in [-0.2, 0) is 19.1 Å². The Morgan fingerprint density at radius 1 is 1.50 bits per heavy atom. The van der Waals surface area contributed by atoms with Crippen molar-refractivity contribution in [1.29, 1.82) is 0 Å². The predicted molar refractivity (Wildman–Crippen MR) is 78.5 cm³/mol. The van der Waals surface area contributed by atoms with Gasteiger partial charge in [0.1, 0.15) is 6.10 Å². The van der Waals surface area contributed by atoms with Crippen molar-refractivity contribution >= 4 is 11.9 Å². The smallest absolute Gasteiger partial charge is 0.336 e. The molecule has 1 heterocycles. The third-order valence-electron chi connectivity index (χ3n) is 5.53. The summed E-state index contributed by atoms with van der Waals surface area (Å²) in [4.78, 5) is 23.1. The fraction of sp³-hybridized carbons (Fsp3) is 0.647. The van der Waals surface area contributed by atoms with Crippen molar-refractivity contribution in [2.45, 2.75) is 58.3 Å². The molecule has 0 aromatic heterocycles. The zero-order chi connectivity index (χ0) is 16.3. The Morgan fingerprint density at radius 3 is 2.82 bits per heavy atom. The van der Waals surface area contributed by atoms with Crippen LogP contribution in [0.25, 0.3) is 0 Å². The van der Waals surface area contributed by atoms with Gasteiger partial charge in [-0.25, -0.2) is 4.79 Å². The van der Waals surface area contributed by atoms with E-state index in [1.54, 1.807) is 6.92 Å². The van der Waals surface area contributed by atoms with Crippen LogP contribution in [0.2, 0.25) is 0 Å². The largest absolute Gasteiger partial charge is 0.458 e. The molecule has 0 bridgehead atoms. The van der Waals surface area contributed by atoms with E-state index in [0.717, 1.165) is 12.0 Å². The average Bonchev–Trinajstić information content (AvgIpc) is 2.61. The van der Waals surface area contributed by atoms with Gasteiger partial charge in [0.25, 0.3) is 0 Å². The molecular formula is C17H22O5. The van der Waals surface area contributed by atoms with Gasteiger partial charge in [0.15, 0.2) is 0 Å². The highest BCUT2D eigenvalue weighted by Gasteiger charge is 2.58. The fourth-order valence-electron chi connectivity index (χ4n) is 4.33. The number of aliphatic hydroxyl groups is 1. The molecule has 3 rings (SSSR count). The molecule has 0 amide bonds. The number of fused-ring (bicyclic) bond motifs is 2. The Hall–Kier alpha value is -1.62. The van der Waals surface area contributed by atoms with E-state index in [1.807, 2.05) is 0 Å². The monoisotopic (exact) mass is 306 g/mol. The average molecular weight is 306 g/mol. The zero-order valence-corrected chi connectivity index (χ0v) is 13.3. The summed E-state index contributed by atoms with van der Waals surface area (Å²) in [6, 6.07) is 0. The van der Waals surface area contributed by atoms with E-state index in [4.69, 9.17) is 9.47 Å². The van der Waals surface area contributed by atoms with Crippen molar-refractivity contribution in [3.63, 3.8) is 0 Å². The van der Waals surface area contributed by atoms with E-state index in [0.29, 0.717) is 30.4 Å². The molecule has 1 aliphatic heterocycles. The first-order chi connectivity index (χ1) is 10.2. The normalized spacial score (nSPS) is 40.9. The highest BCUT2D eigenvalue weighted by Crippen LogP contribution is 2.58. The molecular weight excluding hydrogens is 284 g/mol. The molecule has 2 fully saturated rings. The molecule has 1 N–H and O–H groups in total. The van der Waals surface area contributed by atoms with Crippen molar-refractivity contribution < 1.29 is 24.2 Å². The predicted octanol–water partition coefficient (Wildman–Crippen LogP) is 2.25. The molecule has 5 nitrogen and oxygen atoms in total. The lowest BCUT2D eigenvalue weighted by Crippen LogP contribution is -2.51.